The molecule has 0 atom stereocenters. The molecule has 14 heteroatoms. The number of pyridine rings is 1. The second-order valence-electron chi connectivity index (χ2n) is 10.9. The van der Waals surface area contributed by atoms with Crippen LogP contribution in [0.5, 0.6) is 0 Å². The second-order valence-corrected chi connectivity index (χ2v) is 13.7. The molecule has 0 saturated carbocycles. The molecule has 0 bridgehead atoms. The predicted molar refractivity (Wildman–Crippen MR) is 167 cm³/mol. The Bertz CT molecular complexity index is 1510. The molecule has 12 nitrogen and oxygen atoms in total. The summed E-state index contributed by atoms with van der Waals surface area (Å²) in [5.41, 5.74) is 1.65. The highest BCUT2D eigenvalue weighted by atomic mass is 35.5. The lowest BCUT2D eigenvalue weighted by Crippen LogP contribution is -2.50. The lowest BCUT2D eigenvalue weighted by Gasteiger charge is -2.39. The first-order chi connectivity index (χ1) is 20.7. The highest BCUT2D eigenvalue weighted by Gasteiger charge is 2.27. The molecule has 0 radical (unpaired) electrons. The largest absolute Gasteiger partial charge is 0.379 e. The van der Waals surface area contributed by atoms with Gasteiger partial charge in [0, 0.05) is 49.8 Å². The van der Waals surface area contributed by atoms with E-state index in [1.807, 2.05) is 12.1 Å². The van der Waals surface area contributed by atoms with Gasteiger partial charge < -0.3 is 20.7 Å². The van der Waals surface area contributed by atoms with Crippen LogP contribution in [-0.2, 0) is 19.4 Å². The zero-order valence-corrected chi connectivity index (χ0v) is 25.9. The first-order valence-electron chi connectivity index (χ1n) is 14.4. The zero-order chi connectivity index (χ0) is 30.4. The molecule has 4 heterocycles. The summed E-state index contributed by atoms with van der Waals surface area (Å²) in [6.07, 6.45) is 4.98. The van der Waals surface area contributed by atoms with Crippen LogP contribution < -0.4 is 16.0 Å². The number of piperidine rings is 1. The molecular formula is C29H37ClN8O4S. The van der Waals surface area contributed by atoms with Gasteiger partial charge in [0.1, 0.15) is 5.02 Å². The standard InChI is InChI=1S/C29H37ClN8O4S/c1-20(2)43(40,41)28-25(4-3-11-31-28)35-27-24(30)18-32-29(36-27)34-22-7-5-21(6-8-22)33-26(39)19-37-12-9-23(10-13-37)38-14-16-42-17-15-38/h3-8,11,18,20,23H,9-10,12-17,19H2,1-2H3,(H,33,39)(H2,32,34,35,36). The summed E-state index contributed by atoms with van der Waals surface area (Å²) in [5.74, 6) is 0.433. The van der Waals surface area contributed by atoms with E-state index in [-0.39, 0.29) is 33.4 Å². The van der Waals surface area contributed by atoms with Crippen molar-refractivity contribution in [3.63, 3.8) is 0 Å². The number of hydrogen-bond donors (Lipinski definition) is 3. The SMILES string of the molecule is CC(C)S(=O)(=O)c1ncccc1Nc1nc(Nc2ccc(NC(=O)CN3CCC(N4CCOCC4)CC3)cc2)ncc1Cl. The number of morpholine rings is 1. The van der Waals surface area contributed by atoms with Crippen LogP contribution in [0.1, 0.15) is 26.7 Å². The fourth-order valence-electron chi connectivity index (χ4n) is 5.13. The Labute approximate surface area is 257 Å². The number of likely N-dealkylation sites (tertiary alicyclic amines) is 1. The van der Waals surface area contributed by atoms with Gasteiger partial charge in [0.2, 0.25) is 11.9 Å². The smallest absolute Gasteiger partial charge is 0.238 e. The molecule has 2 aromatic heterocycles. The Balaban J connectivity index is 1.15. The summed E-state index contributed by atoms with van der Waals surface area (Å²) in [6.45, 7) is 8.98. The van der Waals surface area contributed by atoms with Gasteiger partial charge in [-0.2, -0.15) is 4.98 Å². The molecule has 3 aromatic rings. The number of carbonyl (C=O) groups is 1. The molecule has 1 amide bonds. The van der Waals surface area contributed by atoms with Crippen molar-refractivity contribution >= 4 is 56.2 Å². The van der Waals surface area contributed by atoms with Gasteiger partial charge in [0.15, 0.2) is 20.7 Å². The minimum Gasteiger partial charge on any atom is -0.379 e. The van der Waals surface area contributed by atoms with Crippen molar-refractivity contribution in [2.24, 2.45) is 0 Å². The topological polar surface area (TPSA) is 142 Å². The molecule has 3 N–H and O–H groups in total. The lowest BCUT2D eigenvalue weighted by molar-refractivity contribution is -0.117. The van der Waals surface area contributed by atoms with Gasteiger partial charge in [-0.25, -0.2) is 18.4 Å². The number of carbonyl (C=O) groups excluding carboxylic acids is 1. The minimum atomic E-state index is -3.64. The van der Waals surface area contributed by atoms with Crippen molar-refractivity contribution in [2.75, 3.05) is 61.9 Å². The van der Waals surface area contributed by atoms with Gasteiger partial charge in [-0.1, -0.05) is 11.6 Å². The highest BCUT2D eigenvalue weighted by molar-refractivity contribution is 7.92. The number of anilines is 5. The second kappa shape index (κ2) is 14.0. The van der Waals surface area contributed by atoms with Crippen molar-refractivity contribution in [2.45, 2.75) is 43.0 Å². The Morgan fingerprint density at radius 2 is 1.72 bits per heavy atom. The molecule has 5 rings (SSSR count). The molecule has 43 heavy (non-hydrogen) atoms. The Morgan fingerprint density at radius 3 is 2.42 bits per heavy atom. The van der Waals surface area contributed by atoms with E-state index in [0.717, 1.165) is 52.2 Å². The average molecular weight is 629 g/mol. The molecule has 0 unspecified atom stereocenters. The third kappa shape index (κ3) is 7.98. The molecule has 2 saturated heterocycles. The fraction of sp³-hybridized carbons (Fsp3) is 0.448. The van der Waals surface area contributed by atoms with Crippen LogP contribution in [0.3, 0.4) is 0 Å². The van der Waals surface area contributed by atoms with Crippen LogP contribution >= 0.6 is 11.6 Å². The third-order valence-corrected chi connectivity index (χ3v) is 9.95. The monoisotopic (exact) mass is 628 g/mol. The molecule has 2 aliphatic heterocycles. The van der Waals surface area contributed by atoms with Crippen LogP contribution in [0.2, 0.25) is 5.02 Å². The van der Waals surface area contributed by atoms with Crippen molar-refractivity contribution < 1.29 is 17.9 Å². The van der Waals surface area contributed by atoms with E-state index in [1.165, 1.54) is 12.4 Å². The summed E-state index contributed by atoms with van der Waals surface area (Å²) >= 11 is 6.32. The number of benzene rings is 1. The maximum Gasteiger partial charge on any atom is 0.238 e. The summed E-state index contributed by atoms with van der Waals surface area (Å²) in [6, 6.07) is 11.0. The molecule has 230 valence electrons. The van der Waals surface area contributed by atoms with Crippen molar-refractivity contribution in [1.82, 2.24) is 24.8 Å². The summed E-state index contributed by atoms with van der Waals surface area (Å²) in [4.78, 5) is 30.2. The van der Waals surface area contributed by atoms with E-state index < -0.39 is 15.1 Å². The first kappa shape index (κ1) is 31.1. The van der Waals surface area contributed by atoms with Gasteiger partial charge in [0.25, 0.3) is 0 Å². The van der Waals surface area contributed by atoms with E-state index in [2.05, 4.69) is 40.7 Å². The van der Waals surface area contributed by atoms with Gasteiger partial charge in [-0.3, -0.25) is 14.6 Å². The maximum atomic E-state index is 12.8. The Kier molecular flexibility index (Phi) is 10.1. The Hall–Kier alpha value is -3.36. The highest BCUT2D eigenvalue weighted by Crippen LogP contribution is 2.29. The average Bonchev–Trinajstić information content (AvgIpc) is 3.01. The van der Waals surface area contributed by atoms with Crippen LogP contribution in [-0.4, -0.2) is 96.3 Å². The zero-order valence-electron chi connectivity index (χ0n) is 24.3. The van der Waals surface area contributed by atoms with Crippen LogP contribution in [0.15, 0.2) is 53.8 Å². The Morgan fingerprint density at radius 1 is 1.02 bits per heavy atom. The molecule has 0 spiro atoms. The number of amides is 1. The number of ether oxygens (including phenoxy) is 1. The normalized spacial score (nSPS) is 17.1. The number of hydrogen-bond acceptors (Lipinski definition) is 11. The first-order valence-corrected chi connectivity index (χ1v) is 16.3. The number of nitrogens with one attached hydrogen (secondary N) is 3. The summed E-state index contributed by atoms with van der Waals surface area (Å²) in [7, 11) is -3.64. The van der Waals surface area contributed by atoms with Gasteiger partial charge in [-0.15, -0.1) is 0 Å². The fourth-order valence-corrected chi connectivity index (χ4v) is 6.35. The minimum absolute atomic E-state index is 0.0449. The number of nitrogens with zero attached hydrogens (tertiary/aromatic N) is 5. The predicted octanol–water partition coefficient (Wildman–Crippen LogP) is 3.93. The van der Waals surface area contributed by atoms with Crippen molar-refractivity contribution in [3.8, 4) is 0 Å². The molecule has 2 aliphatic rings. The van der Waals surface area contributed by atoms with Gasteiger partial charge in [-0.05, 0) is 63.1 Å². The van der Waals surface area contributed by atoms with Crippen molar-refractivity contribution in [3.05, 3.63) is 53.8 Å². The number of halogens is 1. The van der Waals surface area contributed by atoms with Crippen molar-refractivity contribution in [1.29, 1.82) is 0 Å². The number of rotatable bonds is 10. The van der Waals surface area contributed by atoms with Crippen LogP contribution in [0, 0.1) is 0 Å². The molecule has 1 aromatic carbocycles. The summed E-state index contributed by atoms with van der Waals surface area (Å²) < 4.78 is 31.0. The van der Waals surface area contributed by atoms with Gasteiger partial charge >= 0.3 is 0 Å². The lowest BCUT2D eigenvalue weighted by atomic mass is 10.0. The number of aromatic nitrogens is 3. The van der Waals surface area contributed by atoms with E-state index in [1.54, 1.807) is 38.1 Å². The third-order valence-electron chi connectivity index (χ3n) is 7.57. The molecule has 0 aliphatic carbocycles. The molecular weight excluding hydrogens is 592 g/mol. The number of sulfone groups is 1. The van der Waals surface area contributed by atoms with Gasteiger partial charge in [0.05, 0.1) is 36.9 Å². The van der Waals surface area contributed by atoms with E-state index >= 15 is 0 Å². The van der Waals surface area contributed by atoms with Crippen LogP contribution in [0.4, 0.5) is 28.8 Å². The molecule has 2 fully saturated rings. The maximum absolute atomic E-state index is 12.8. The quantitative estimate of drug-likeness (QED) is 0.301. The summed E-state index contributed by atoms with van der Waals surface area (Å²) in [5, 5.41) is 8.56. The van der Waals surface area contributed by atoms with E-state index in [4.69, 9.17) is 16.3 Å². The van der Waals surface area contributed by atoms with Crippen LogP contribution in [0.25, 0.3) is 0 Å². The van der Waals surface area contributed by atoms with E-state index in [0.29, 0.717) is 24.0 Å². The van der Waals surface area contributed by atoms with E-state index in [9.17, 15) is 13.2 Å².